The molecule has 0 amide bonds. The normalized spacial score (nSPS) is 11.2. The molecule has 0 N–H and O–H groups in total. The second kappa shape index (κ2) is 5.86. The maximum Gasteiger partial charge on any atom is 0.416 e. The first-order valence-electron chi connectivity index (χ1n) is 5.86. The van der Waals surface area contributed by atoms with Crippen LogP contribution in [0.3, 0.4) is 0 Å². The minimum atomic E-state index is -4.34. The van der Waals surface area contributed by atoms with Crippen LogP contribution in [0, 0.1) is 6.92 Å². The average molecular weight is 281 g/mol. The molecule has 0 aliphatic carbocycles. The molecule has 0 bridgehead atoms. The molecule has 5 heteroatoms. The third-order valence-electron chi connectivity index (χ3n) is 2.51. The fraction of sp³-hybridized carbons (Fsp3) is 0.133. The van der Waals surface area contributed by atoms with Crippen LogP contribution in [-0.2, 0) is 6.18 Å². The second-order valence-corrected chi connectivity index (χ2v) is 3.94. The summed E-state index contributed by atoms with van der Waals surface area (Å²) >= 11 is 0. The van der Waals surface area contributed by atoms with Gasteiger partial charge < -0.3 is 9.47 Å². The highest BCUT2D eigenvalue weighted by Gasteiger charge is 2.30. The Kier molecular flexibility index (Phi) is 4.17. The predicted octanol–water partition coefficient (Wildman–Crippen LogP) is 4.71. The fourth-order valence-electron chi connectivity index (χ4n) is 1.57. The van der Waals surface area contributed by atoms with Gasteiger partial charge in [0.05, 0.1) is 12.2 Å². The van der Waals surface area contributed by atoms with Gasteiger partial charge in [0.2, 0.25) is 0 Å². The molecule has 0 fully saturated rings. The predicted molar refractivity (Wildman–Crippen MR) is 68.8 cm³/mol. The van der Waals surface area contributed by atoms with Gasteiger partial charge in [-0.05, 0) is 55.5 Å². The molecule has 2 rings (SSSR count). The molecule has 2 nitrogen and oxygen atoms in total. The first-order valence-corrected chi connectivity index (χ1v) is 5.86. The summed E-state index contributed by atoms with van der Waals surface area (Å²) in [4.78, 5) is 0. The Hall–Kier alpha value is -2.17. The van der Waals surface area contributed by atoms with Gasteiger partial charge in [-0.15, -0.1) is 0 Å². The van der Waals surface area contributed by atoms with Gasteiger partial charge >= 0.3 is 6.18 Å². The Morgan fingerprint density at radius 2 is 1.25 bits per heavy atom. The molecule has 2 aromatic rings. The van der Waals surface area contributed by atoms with E-state index in [-0.39, 0.29) is 0 Å². The van der Waals surface area contributed by atoms with E-state index in [2.05, 4.69) is 6.92 Å². The minimum Gasteiger partial charge on any atom is -0.494 e. The van der Waals surface area contributed by atoms with Crippen LogP contribution < -0.4 is 9.47 Å². The van der Waals surface area contributed by atoms with E-state index in [1.165, 1.54) is 12.1 Å². The number of halogens is 3. The number of ether oxygens (including phenoxy) is 2. The number of benzene rings is 2. The largest absolute Gasteiger partial charge is 0.494 e. The lowest BCUT2D eigenvalue weighted by Gasteiger charge is -2.09. The third kappa shape index (κ3) is 3.66. The van der Waals surface area contributed by atoms with E-state index in [1.807, 2.05) is 0 Å². The highest BCUT2D eigenvalue weighted by Crippen LogP contribution is 2.31. The van der Waals surface area contributed by atoms with Crippen LogP contribution in [0.25, 0.3) is 0 Å². The Morgan fingerprint density at radius 3 is 1.70 bits per heavy atom. The van der Waals surface area contributed by atoms with E-state index in [0.29, 0.717) is 23.9 Å². The monoisotopic (exact) mass is 281 g/mol. The van der Waals surface area contributed by atoms with Crippen molar-refractivity contribution in [1.29, 1.82) is 0 Å². The van der Waals surface area contributed by atoms with Crippen molar-refractivity contribution in [3.63, 3.8) is 0 Å². The van der Waals surface area contributed by atoms with E-state index in [1.54, 1.807) is 24.3 Å². The molecule has 0 saturated carbocycles. The molecular formula is C15H12F3O2. The standard InChI is InChI=1S/C15H12F3O2/c1-2-19-12-7-9-14(10-8-12)20-13-5-3-11(4-6-13)15(16,17)18/h3-10H,1-2H2. The lowest BCUT2D eigenvalue weighted by Crippen LogP contribution is -2.03. The molecule has 0 aliphatic rings. The van der Waals surface area contributed by atoms with Crippen molar-refractivity contribution in [3.05, 3.63) is 61.0 Å². The number of rotatable bonds is 4. The van der Waals surface area contributed by atoms with Crippen molar-refractivity contribution in [1.82, 2.24) is 0 Å². The first-order chi connectivity index (χ1) is 9.49. The van der Waals surface area contributed by atoms with E-state index in [0.717, 1.165) is 12.1 Å². The van der Waals surface area contributed by atoms with Crippen LogP contribution in [0.15, 0.2) is 48.5 Å². The third-order valence-corrected chi connectivity index (χ3v) is 2.51. The molecule has 1 radical (unpaired) electrons. The van der Waals surface area contributed by atoms with Crippen LogP contribution in [0.4, 0.5) is 13.2 Å². The van der Waals surface area contributed by atoms with Crippen molar-refractivity contribution in [3.8, 4) is 17.2 Å². The summed E-state index contributed by atoms with van der Waals surface area (Å²) in [5.41, 5.74) is -0.705. The van der Waals surface area contributed by atoms with Crippen LogP contribution in [0.5, 0.6) is 17.2 Å². The molecule has 0 saturated heterocycles. The second-order valence-electron chi connectivity index (χ2n) is 3.94. The molecule has 0 aromatic heterocycles. The van der Waals surface area contributed by atoms with Gasteiger partial charge in [-0.1, -0.05) is 0 Å². The van der Waals surface area contributed by atoms with Crippen molar-refractivity contribution in [2.24, 2.45) is 0 Å². The fourth-order valence-corrected chi connectivity index (χ4v) is 1.57. The van der Waals surface area contributed by atoms with Gasteiger partial charge in [0, 0.05) is 0 Å². The summed E-state index contributed by atoms with van der Waals surface area (Å²) in [7, 11) is 0. The molecular weight excluding hydrogens is 269 g/mol. The topological polar surface area (TPSA) is 18.5 Å². The zero-order valence-electron chi connectivity index (χ0n) is 10.5. The minimum absolute atomic E-state index is 0.319. The summed E-state index contributed by atoms with van der Waals surface area (Å²) < 4.78 is 47.8. The van der Waals surface area contributed by atoms with Gasteiger partial charge in [0.15, 0.2) is 0 Å². The molecule has 0 aliphatic heterocycles. The lowest BCUT2D eigenvalue weighted by molar-refractivity contribution is -0.137. The first kappa shape index (κ1) is 14.2. The smallest absolute Gasteiger partial charge is 0.416 e. The summed E-state index contributed by atoms with van der Waals surface area (Å²) in [5.74, 6) is 1.50. The summed E-state index contributed by atoms with van der Waals surface area (Å²) in [6.45, 7) is 3.87. The molecule has 0 spiro atoms. The Balaban J connectivity index is 2.06. The van der Waals surface area contributed by atoms with Gasteiger partial charge in [-0.25, -0.2) is 0 Å². The van der Waals surface area contributed by atoms with Crippen LogP contribution in [0.2, 0.25) is 0 Å². The summed E-state index contributed by atoms with van der Waals surface area (Å²) in [6.07, 6.45) is -4.34. The van der Waals surface area contributed by atoms with E-state index in [4.69, 9.17) is 9.47 Å². The molecule has 0 heterocycles. The zero-order valence-corrected chi connectivity index (χ0v) is 10.5. The highest BCUT2D eigenvalue weighted by atomic mass is 19.4. The lowest BCUT2D eigenvalue weighted by atomic mass is 10.2. The summed E-state index contributed by atoms with van der Waals surface area (Å²) in [6, 6.07) is 11.3. The Bertz CT molecular complexity index is 545. The molecule has 2 aromatic carbocycles. The highest BCUT2D eigenvalue weighted by molar-refractivity contribution is 5.36. The van der Waals surface area contributed by atoms with Crippen molar-refractivity contribution in [2.45, 2.75) is 6.18 Å². The quantitative estimate of drug-likeness (QED) is 0.808. The van der Waals surface area contributed by atoms with E-state index >= 15 is 0 Å². The Labute approximate surface area is 114 Å². The van der Waals surface area contributed by atoms with Gasteiger partial charge in [0.1, 0.15) is 17.2 Å². The van der Waals surface area contributed by atoms with Gasteiger partial charge in [0.25, 0.3) is 0 Å². The van der Waals surface area contributed by atoms with Crippen LogP contribution >= 0.6 is 0 Å². The molecule has 0 unspecified atom stereocenters. The number of hydrogen-bond donors (Lipinski definition) is 0. The SMILES string of the molecule is [CH2]COc1ccc(Oc2ccc(C(F)(F)F)cc2)cc1. The van der Waals surface area contributed by atoms with Crippen LogP contribution in [0.1, 0.15) is 5.56 Å². The maximum atomic E-state index is 12.4. The number of alkyl halides is 3. The van der Waals surface area contributed by atoms with Crippen LogP contribution in [-0.4, -0.2) is 6.61 Å². The average Bonchev–Trinajstić information content (AvgIpc) is 2.41. The maximum absolute atomic E-state index is 12.4. The van der Waals surface area contributed by atoms with E-state index < -0.39 is 11.7 Å². The zero-order chi connectivity index (χ0) is 14.6. The van der Waals surface area contributed by atoms with E-state index in [9.17, 15) is 13.2 Å². The molecule has 0 atom stereocenters. The van der Waals surface area contributed by atoms with Gasteiger partial charge in [-0.2, -0.15) is 13.2 Å². The Morgan fingerprint density at radius 1 is 0.800 bits per heavy atom. The molecule has 105 valence electrons. The van der Waals surface area contributed by atoms with Crippen molar-refractivity contribution in [2.75, 3.05) is 6.61 Å². The molecule has 20 heavy (non-hydrogen) atoms. The van der Waals surface area contributed by atoms with Crippen molar-refractivity contribution >= 4 is 0 Å². The summed E-state index contributed by atoms with van der Waals surface area (Å²) in [5, 5.41) is 0. The number of hydrogen-bond acceptors (Lipinski definition) is 2. The van der Waals surface area contributed by atoms with Crippen molar-refractivity contribution < 1.29 is 22.6 Å². The van der Waals surface area contributed by atoms with Gasteiger partial charge in [-0.3, -0.25) is 0 Å².